The Morgan fingerprint density at radius 3 is 2.17 bits per heavy atom. The van der Waals surface area contributed by atoms with E-state index in [0.29, 0.717) is 16.7 Å². The zero-order chi connectivity index (χ0) is 17.0. The highest BCUT2D eigenvalue weighted by Gasteiger charge is 2.36. The molecule has 2 rings (SSSR count). The number of carboxylic acid groups (broad SMARTS) is 1. The topological polar surface area (TPSA) is 46.5 Å². The maximum Gasteiger partial charge on any atom is 0.348 e. The Hall–Kier alpha value is -2.00. The summed E-state index contributed by atoms with van der Waals surface area (Å²) in [5.41, 5.74) is 0.706. The SMILES string of the molecule is CC(C)c1ccc(O[C@](C)(Cc2ccc(Cl)cc2)C(=O)O)cc1. The van der Waals surface area contributed by atoms with E-state index >= 15 is 0 Å². The summed E-state index contributed by atoms with van der Waals surface area (Å²) in [6, 6.07) is 14.7. The van der Waals surface area contributed by atoms with E-state index in [9.17, 15) is 9.90 Å². The van der Waals surface area contributed by atoms with E-state index in [-0.39, 0.29) is 6.42 Å². The molecule has 0 unspecified atom stereocenters. The molecule has 1 atom stereocenters. The van der Waals surface area contributed by atoms with Crippen molar-refractivity contribution in [1.82, 2.24) is 0 Å². The van der Waals surface area contributed by atoms with Gasteiger partial charge in [-0.05, 0) is 48.2 Å². The van der Waals surface area contributed by atoms with E-state index in [2.05, 4.69) is 13.8 Å². The number of halogens is 1. The zero-order valence-corrected chi connectivity index (χ0v) is 14.3. The molecule has 2 aromatic rings. The first-order valence-electron chi connectivity index (χ1n) is 7.57. The molecule has 0 heterocycles. The quantitative estimate of drug-likeness (QED) is 0.816. The number of carbonyl (C=O) groups is 1. The zero-order valence-electron chi connectivity index (χ0n) is 13.5. The number of benzene rings is 2. The Morgan fingerprint density at radius 2 is 1.70 bits per heavy atom. The number of hydrogen-bond acceptors (Lipinski definition) is 2. The molecule has 2 aromatic carbocycles. The van der Waals surface area contributed by atoms with E-state index in [0.717, 1.165) is 5.56 Å². The Balaban J connectivity index is 2.19. The van der Waals surface area contributed by atoms with Crippen LogP contribution in [0.2, 0.25) is 5.02 Å². The highest BCUT2D eigenvalue weighted by atomic mass is 35.5. The van der Waals surface area contributed by atoms with Crippen LogP contribution in [0.4, 0.5) is 0 Å². The van der Waals surface area contributed by atoms with E-state index in [1.165, 1.54) is 5.56 Å². The minimum atomic E-state index is -1.34. The first kappa shape index (κ1) is 17.4. The van der Waals surface area contributed by atoms with Crippen LogP contribution in [0.25, 0.3) is 0 Å². The molecule has 4 heteroatoms. The van der Waals surface area contributed by atoms with E-state index in [1.807, 2.05) is 36.4 Å². The van der Waals surface area contributed by atoms with Gasteiger partial charge in [0.2, 0.25) is 5.60 Å². The van der Waals surface area contributed by atoms with Gasteiger partial charge in [-0.15, -0.1) is 0 Å². The molecule has 0 aliphatic carbocycles. The van der Waals surface area contributed by atoms with Crippen LogP contribution in [0.15, 0.2) is 48.5 Å². The standard InChI is InChI=1S/C19H21ClO3/c1-13(2)15-6-10-17(11-7-15)23-19(3,18(21)22)12-14-4-8-16(20)9-5-14/h4-11,13H,12H2,1-3H3,(H,21,22)/t19-/m1/s1. The van der Waals surface area contributed by atoms with Gasteiger partial charge in [0.1, 0.15) is 5.75 Å². The fourth-order valence-corrected chi connectivity index (χ4v) is 2.45. The molecule has 0 bridgehead atoms. The predicted octanol–water partition coefficient (Wildman–Crippen LogP) is 4.93. The average molecular weight is 333 g/mol. The Morgan fingerprint density at radius 1 is 1.13 bits per heavy atom. The summed E-state index contributed by atoms with van der Waals surface area (Å²) >= 11 is 5.87. The largest absolute Gasteiger partial charge is 0.478 e. The first-order chi connectivity index (χ1) is 10.8. The van der Waals surface area contributed by atoms with Crippen LogP contribution in [0.1, 0.15) is 37.8 Å². The predicted molar refractivity (Wildman–Crippen MR) is 92.4 cm³/mol. The minimum Gasteiger partial charge on any atom is -0.478 e. The van der Waals surface area contributed by atoms with Crippen molar-refractivity contribution < 1.29 is 14.6 Å². The molecule has 0 radical (unpaired) electrons. The molecule has 0 fully saturated rings. The summed E-state index contributed by atoms with van der Waals surface area (Å²) < 4.78 is 5.80. The van der Waals surface area contributed by atoms with Gasteiger partial charge in [-0.25, -0.2) is 4.79 Å². The maximum absolute atomic E-state index is 11.7. The summed E-state index contributed by atoms with van der Waals surface area (Å²) in [5.74, 6) is -0.0300. The van der Waals surface area contributed by atoms with Crippen LogP contribution in [-0.2, 0) is 11.2 Å². The molecular weight excluding hydrogens is 312 g/mol. The van der Waals surface area contributed by atoms with Crippen molar-refractivity contribution in [2.45, 2.75) is 38.7 Å². The third-order valence-corrected chi connectivity index (χ3v) is 4.05. The van der Waals surface area contributed by atoms with Gasteiger partial charge in [0.25, 0.3) is 0 Å². The second-order valence-corrected chi connectivity index (χ2v) is 6.60. The van der Waals surface area contributed by atoms with Crippen molar-refractivity contribution in [1.29, 1.82) is 0 Å². The average Bonchev–Trinajstić information content (AvgIpc) is 2.50. The highest BCUT2D eigenvalue weighted by molar-refractivity contribution is 6.30. The summed E-state index contributed by atoms with van der Waals surface area (Å²) in [7, 11) is 0. The molecule has 0 spiro atoms. The smallest absolute Gasteiger partial charge is 0.348 e. The van der Waals surface area contributed by atoms with Crippen molar-refractivity contribution in [3.8, 4) is 5.75 Å². The molecule has 0 aliphatic heterocycles. The molecule has 122 valence electrons. The lowest BCUT2D eigenvalue weighted by Gasteiger charge is -2.26. The van der Waals surface area contributed by atoms with Gasteiger partial charge in [-0.3, -0.25) is 0 Å². The lowest BCUT2D eigenvalue weighted by atomic mass is 9.96. The monoisotopic (exact) mass is 332 g/mol. The first-order valence-corrected chi connectivity index (χ1v) is 7.95. The van der Waals surface area contributed by atoms with Gasteiger partial charge in [0.05, 0.1) is 0 Å². The lowest BCUT2D eigenvalue weighted by Crippen LogP contribution is -2.43. The lowest BCUT2D eigenvalue weighted by molar-refractivity contribution is -0.153. The van der Waals surface area contributed by atoms with Crippen molar-refractivity contribution in [2.24, 2.45) is 0 Å². The van der Waals surface area contributed by atoms with Crippen LogP contribution < -0.4 is 4.74 Å². The second-order valence-electron chi connectivity index (χ2n) is 6.17. The maximum atomic E-state index is 11.7. The van der Waals surface area contributed by atoms with Crippen LogP contribution in [-0.4, -0.2) is 16.7 Å². The number of hydrogen-bond donors (Lipinski definition) is 1. The number of carboxylic acids is 1. The molecule has 0 saturated heterocycles. The fraction of sp³-hybridized carbons (Fsp3) is 0.316. The molecule has 0 aromatic heterocycles. The van der Waals surface area contributed by atoms with Crippen LogP contribution in [0.3, 0.4) is 0 Å². The Labute approximate surface area is 141 Å². The van der Waals surface area contributed by atoms with E-state index < -0.39 is 11.6 Å². The number of ether oxygens (including phenoxy) is 1. The van der Waals surface area contributed by atoms with Gasteiger partial charge in [-0.2, -0.15) is 0 Å². The normalized spacial score (nSPS) is 13.6. The fourth-order valence-electron chi connectivity index (χ4n) is 2.33. The van der Waals surface area contributed by atoms with E-state index in [4.69, 9.17) is 16.3 Å². The van der Waals surface area contributed by atoms with Gasteiger partial charge in [0, 0.05) is 11.4 Å². The van der Waals surface area contributed by atoms with Crippen molar-refractivity contribution >= 4 is 17.6 Å². The second kappa shape index (κ2) is 7.05. The van der Waals surface area contributed by atoms with E-state index in [1.54, 1.807) is 19.1 Å². The number of rotatable bonds is 6. The van der Waals surface area contributed by atoms with Gasteiger partial charge in [-0.1, -0.05) is 49.7 Å². The van der Waals surface area contributed by atoms with Crippen molar-refractivity contribution in [3.05, 3.63) is 64.7 Å². The molecule has 1 N–H and O–H groups in total. The molecule has 23 heavy (non-hydrogen) atoms. The summed E-state index contributed by atoms with van der Waals surface area (Å²) in [6.07, 6.45) is 0.255. The number of aliphatic carboxylic acids is 1. The highest BCUT2D eigenvalue weighted by Crippen LogP contribution is 2.25. The molecule has 3 nitrogen and oxygen atoms in total. The van der Waals surface area contributed by atoms with Gasteiger partial charge < -0.3 is 9.84 Å². The summed E-state index contributed by atoms with van der Waals surface area (Å²) in [5, 5.41) is 10.2. The molecule has 0 amide bonds. The van der Waals surface area contributed by atoms with Crippen LogP contribution >= 0.6 is 11.6 Å². The third kappa shape index (κ3) is 4.49. The molecule has 0 aliphatic rings. The summed E-state index contributed by atoms with van der Waals surface area (Å²) in [4.78, 5) is 11.7. The molecular formula is C19H21ClO3. The third-order valence-electron chi connectivity index (χ3n) is 3.80. The van der Waals surface area contributed by atoms with Crippen LogP contribution in [0.5, 0.6) is 5.75 Å². The Kier molecular flexibility index (Phi) is 5.32. The summed E-state index contributed by atoms with van der Waals surface area (Å²) in [6.45, 7) is 5.80. The minimum absolute atomic E-state index is 0.255. The van der Waals surface area contributed by atoms with Crippen LogP contribution in [0, 0.1) is 0 Å². The Bertz CT molecular complexity index is 662. The van der Waals surface area contributed by atoms with Crippen molar-refractivity contribution in [3.63, 3.8) is 0 Å². The van der Waals surface area contributed by atoms with Gasteiger partial charge >= 0.3 is 5.97 Å². The molecule has 0 saturated carbocycles. The van der Waals surface area contributed by atoms with Crippen molar-refractivity contribution in [2.75, 3.05) is 0 Å². The van der Waals surface area contributed by atoms with Gasteiger partial charge in [0.15, 0.2) is 0 Å².